The van der Waals surface area contributed by atoms with Gasteiger partial charge >= 0.3 is 0 Å². The molecule has 124 valence electrons. The van der Waals surface area contributed by atoms with Gasteiger partial charge in [-0.2, -0.15) is 0 Å². The predicted molar refractivity (Wildman–Crippen MR) is 91.2 cm³/mol. The molecule has 3 nitrogen and oxygen atoms in total. The van der Waals surface area contributed by atoms with Crippen molar-refractivity contribution in [2.45, 2.75) is 57.8 Å². The second-order valence-corrected chi connectivity index (χ2v) is 6.61. The van der Waals surface area contributed by atoms with Crippen LogP contribution in [0.5, 0.6) is 0 Å². The maximum atomic E-state index is 10.2. The minimum Gasteiger partial charge on any atom is -0.389 e. The number of aliphatic hydroxyl groups excluding tert-OH is 1. The van der Waals surface area contributed by atoms with E-state index < -0.39 is 6.10 Å². The maximum Gasteiger partial charge on any atom is 0.0900 e. The summed E-state index contributed by atoms with van der Waals surface area (Å²) in [6, 6.07) is 8.27. The first-order chi connectivity index (χ1) is 10.7. The summed E-state index contributed by atoms with van der Waals surface area (Å²) in [5, 5.41) is 10.9. The summed E-state index contributed by atoms with van der Waals surface area (Å²) in [5.41, 5.74) is 1.08. The lowest BCUT2D eigenvalue weighted by Gasteiger charge is -2.34. The van der Waals surface area contributed by atoms with Crippen LogP contribution in [0.2, 0.25) is 5.02 Å². The predicted octanol–water partition coefficient (Wildman–Crippen LogP) is 3.87. The van der Waals surface area contributed by atoms with Crippen molar-refractivity contribution in [3.8, 4) is 0 Å². The zero-order valence-corrected chi connectivity index (χ0v) is 14.3. The molecule has 1 aromatic rings. The van der Waals surface area contributed by atoms with Crippen molar-refractivity contribution in [3.05, 3.63) is 34.9 Å². The van der Waals surface area contributed by atoms with Gasteiger partial charge in [0, 0.05) is 17.6 Å². The largest absolute Gasteiger partial charge is 0.389 e. The third-order valence-electron chi connectivity index (χ3n) is 4.43. The first-order valence-corrected chi connectivity index (χ1v) is 8.81. The third kappa shape index (κ3) is 5.88. The molecule has 0 bridgehead atoms. The van der Waals surface area contributed by atoms with Gasteiger partial charge in [-0.15, -0.1) is 0 Å². The molecule has 1 aliphatic rings. The number of rotatable bonds is 8. The second-order valence-electron chi connectivity index (χ2n) is 6.17. The highest BCUT2D eigenvalue weighted by atomic mass is 35.5. The van der Waals surface area contributed by atoms with E-state index in [2.05, 4.69) is 11.8 Å². The van der Waals surface area contributed by atoms with Crippen LogP contribution in [0, 0.1) is 0 Å². The van der Waals surface area contributed by atoms with E-state index >= 15 is 0 Å². The molecule has 1 fully saturated rings. The lowest BCUT2D eigenvalue weighted by Crippen LogP contribution is -2.42. The van der Waals surface area contributed by atoms with Crippen LogP contribution < -0.4 is 0 Å². The van der Waals surface area contributed by atoms with E-state index in [1.165, 1.54) is 32.1 Å². The van der Waals surface area contributed by atoms with E-state index in [9.17, 15) is 5.11 Å². The molecule has 1 saturated carbocycles. The molecule has 0 saturated heterocycles. The van der Waals surface area contributed by atoms with Crippen molar-refractivity contribution in [2.24, 2.45) is 0 Å². The fourth-order valence-electron chi connectivity index (χ4n) is 3.20. The van der Waals surface area contributed by atoms with Crippen LogP contribution in [-0.2, 0) is 11.3 Å². The van der Waals surface area contributed by atoms with E-state index in [0.29, 0.717) is 25.8 Å². The van der Waals surface area contributed by atoms with Gasteiger partial charge in [0.2, 0.25) is 0 Å². The molecule has 22 heavy (non-hydrogen) atoms. The monoisotopic (exact) mass is 325 g/mol. The lowest BCUT2D eigenvalue weighted by atomic mass is 9.94. The maximum absolute atomic E-state index is 10.2. The topological polar surface area (TPSA) is 32.7 Å². The van der Waals surface area contributed by atoms with E-state index in [0.717, 1.165) is 17.1 Å². The fourth-order valence-corrected chi connectivity index (χ4v) is 3.33. The summed E-state index contributed by atoms with van der Waals surface area (Å²) in [6.07, 6.45) is 6.13. The Bertz CT molecular complexity index is 418. The zero-order valence-electron chi connectivity index (χ0n) is 13.5. The van der Waals surface area contributed by atoms with Gasteiger partial charge in [-0.05, 0) is 37.1 Å². The molecule has 1 atom stereocenters. The summed E-state index contributed by atoms with van der Waals surface area (Å²) < 4.78 is 5.63. The van der Waals surface area contributed by atoms with Gasteiger partial charge in [-0.3, -0.25) is 4.90 Å². The minimum absolute atomic E-state index is 0.381. The molecule has 0 unspecified atom stereocenters. The van der Waals surface area contributed by atoms with Gasteiger partial charge in [-0.25, -0.2) is 0 Å². The number of nitrogens with zero attached hydrogens (tertiary/aromatic N) is 1. The van der Waals surface area contributed by atoms with Crippen molar-refractivity contribution in [1.82, 2.24) is 4.90 Å². The van der Waals surface area contributed by atoms with Crippen LogP contribution in [0.25, 0.3) is 0 Å². The van der Waals surface area contributed by atoms with Gasteiger partial charge in [0.1, 0.15) is 0 Å². The molecule has 0 heterocycles. The smallest absolute Gasteiger partial charge is 0.0900 e. The van der Waals surface area contributed by atoms with Gasteiger partial charge in [0.15, 0.2) is 0 Å². The molecule has 0 amide bonds. The van der Waals surface area contributed by atoms with Crippen LogP contribution in [0.1, 0.15) is 44.6 Å². The summed E-state index contributed by atoms with van der Waals surface area (Å²) in [7, 11) is 0. The third-order valence-corrected chi connectivity index (χ3v) is 4.69. The fraction of sp³-hybridized carbons (Fsp3) is 0.667. The number of benzene rings is 1. The number of ether oxygens (including phenoxy) is 1. The standard InChI is InChI=1S/C18H28ClNO2/c1-2-20(17-6-4-3-5-7-17)12-18(21)14-22-13-15-8-10-16(19)11-9-15/h8-11,17-18,21H,2-7,12-14H2,1H3/t18-/m1/s1. The van der Waals surface area contributed by atoms with Crippen LogP contribution in [0.4, 0.5) is 0 Å². The van der Waals surface area contributed by atoms with E-state index in [4.69, 9.17) is 16.3 Å². The quantitative estimate of drug-likeness (QED) is 0.787. The molecule has 1 N–H and O–H groups in total. The van der Waals surface area contributed by atoms with Gasteiger partial charge in [-0.1, -0.05) is 49.9 Å². The molecule has 0 aliphatic heterocycles. The Kier molecular flexibility index (Phi) is 7.67. The molecule has 4 heteroatoms. The van der Waals surface area contributed by atoms with Crippen molar-refractivity contribution in [1.29, 1.82) is 0 Å². The van der Waals surface area contributed by atoms with Gasteiger partial charge in [0.25, 0.3) is 0 Å². The highest BCUT2D eigenvalue weighted by Gasteiger charge is 2.21. The van der Waals surface area contributed by atoms with Gasteiger partial charge < -0.3 is 9.84 Å². The molecular weight excluding hydrogens is 298 g/mol. The van der Waals surface area contributed by atoms with Crippen LogP contribution in [0.15, 0.2) is 24.3 Å². The Balaban J connectivity index is 1.69. The lowest BCUT2D eigenvalue weighted by molar-refractivity contribution is 0.0000486. The number of halogens is 1. The normalized spacial score (nSPS) is 17.8. The highest BCUT2D eigenvalue weighted by Crippen LogP contribution is 2.22. The molecule has 0 aromatic heterocycles. The van der Waals surface area contributed by atoms with Crippen LogP contribution in [-0.4, -0.2) is 41.8 Å². The summed E-state index contributed by atoms with van der Waals surface area (Å²) in [5.74, 6) is 0. The highest BCUT2D eigenvalue weighted by molar-refractivity contribution is 6.30. The van der Waals surface area contributed by atoms with Crippen molar-refractivity contribution < 1.29 is 9.84 Å². The number of hydrogen-bond donors (Lipinski definition) is 1. The van der Waals surface area contributed by atoms with Crippen molar-refractivity contribution in [3.63, 3.8) is 0 Å². The van der Waals surface area contributed by atoms with Crippen molar-refractivity contribution in [2.75, 3.05) is 19.7 Å². The Morgan fingerprint density at radius 3 is 2.55 bits per heavy atom. The average Bonchev–Trinajstić information content (AvgIpc) is 2.55. The minimum atomic E-state index is -0.422. The van der Waals surface area contributed by atoms with Crippen molar-refractivity contribution >= 4 is 11.6 Å². The average molecular weight is 326 g/mol. The Hall–Kier alpha value is -0.610. The van der Waals surface area contributed by atoms with E-state index in [1.54, 1.807) is 0 Å². The summed E-state index contributed by atoms with van der Waals surface area (Å²) >= 11 is 5.86. The number of hydrogen-bond acceptors (Lipinski definition) is 3. The Morgan fingerprint density at radius 1 is 1.23 bits per heavy atom. The number of aliphatic hydroxyl groups is 1. The number of likely N-dealkylation sites (N-methyl/N-ethyl adjacent to an activating group) is 1. The second kappa shape index (κ2) is 9.51. The summed E-state index contributed by atoms with van der Waals surface area (Å²) in [4.78, 5) is 2.41. The van der Waals surface area contributed by atoms with Gasteiger partial charge in [0.05, 0.1) is 19.3 Å². The molecule has 0 radical (unpaired) electrons. The summed E-state index contributed by atoms with van der Waals surface area (Å²) in [6.45, 7) is 4.78. The van der Waals surface area contributed by atoms with E-state index in [-0.39, 0.29) is 0 Å². The molecule has 0 spiro atoms. The molecule has 1 aliphatic carbocycles. The Labute approximate surface area is 139 Å². The molecule has 2 rings (SSSR count). The zero-order chi connectivity index (χ0) is 15.8. The molecular formula is C18H28ClNO2. The molecule has 1 aromatic carbocycles. The first-order valence-electron chi connectivity index (χ1n) is 8.43. The van der Waals surface area contributed by atoms with E-state index in [1.807, 2.05) is 24.3 Å². The van der Waals surface area contributed by atoms with Crippen LogP contribution in [0.3, 0.4) is 0 Å². The Morgan fingerprint density at radius 2 is 1.91 bits per heavy atom. The SMILES string of the molecule is CCN(C[C@@H](O)COCc1ccc(Cl)cc1)C1CCCCC1. The van der Waals surface area contributed by atoms with Crippen LogP contribution >= 0.6 is 11.6 Å². The first kappa shape index (κ1) is 17.7.